The van der Waals surface area contributed by atoms with Crippen LogP contribution in [0.1, 0.15) is 29.3 Å². The molecule has 0 fully saturated rings. The van der Waals surface area contributed by atoms with Crippen LogP contribution in [-0.4, -0.2) is 26.4 Å². The van der Waals surface area contributed by atoms with Crippen LogP contribution in [0.15, 0.2) is 35.6 Å². The molecule has 1 aliphatic carbocycles. The summed E-state index contributed by atoms with van der Waals surface area (Å²) in [6, 6.07) is 8.94. The van der Waals surface area contributed by atoms with Gasteiger partial charge in [0.15, 0.2) is 5.16 Å². The van der Waals surface area contributed by atoms with Crippen molar-refractivity contribution in [2.75, 3.05) is 5.75 Å². The first-order chi connectivity index (χ1) is 10.1. The lowest BCUT2D eigenvalue weighted by molar-refractivity contribution is -0.133. The third-order valence-electron chi connectivity index (χ3n) is 3.86. The quantitative estimate of drug-likeness (QED) is 0.882. The average molecular weight is 302 g/mol. The van der Waals surface area contributed by atoms with Crippen LogP contribution in [0.3, 0.4) is 0 Å². The van der Waals surface area contributed by atoms with Crippen molar-refractivity contribution < 1.29 is 9.90 Å². The lowest BCUT2D eigenvalue weighted by Crippen LogP contribution is -2.19. The van der Waals surface area contributed by atoms with E-state index in [9.17, 15) is 4.79 Å². The first-order valence-corrected chi connectivity index (χ1v) is 8.09. The lowest BCUT2D eigenvalue weighted by atomic mass is 9.88. The normalized spacial score (nSPS) is 17.5. The molecular formula is C16H18N2O2S. The van der Waals surface area contributed by atoms with Crippen molar-refractivity contribution in [1.82, 2.24) is 9.55 Å². The minimum Gasteiger partial charge on any atom is -0.481 e. The minimum atomic E-state index is -0.804. The Morgan fingerprint density at radius 3 is 2.95 bits per heavy atom. The van der Waals surface area contributed by atoms with Crippen LogP contribution >= 0.6 is 11.8 Å². The molecule has 0 spiro atoms. The number of aromatic nitrogens is 2. The van der Waals surface area contributed by atoms with Crippen LogP contribution in [0, 0.1) is 6.92 Å². The van der Waals surface area contributed by atoms with Gasteiger partial charge in [-0.1, -0.05) is 36.0 Å². The number of benzene rings is 1. The Balaban J connectivity index is 1.83. The summed E-state index contributed by atoms with van der Waals surface area (Å²) in [7, 11) is 0. The van der Waals surface area contributed by atoms with E-state index < -0.39 is 5.97 Å². The zero-order valence-electron chi connectivity index (χ0n) is 12.0. The number of fused-ring (bicyclic) bond motifs is 1. The van der Waals surface area contributed by atoms with Crippen molar-refractivity contribution in [2.45, 2.75) is 37.4 Å². The largest absolute Gasteiger partial charge is 0.481 e. The number of aryl methyl sites for hydroxylation is 2. The second-order valence-corrected chi connectivity index (χ2v) is 6.36. The number of carboxylic acid groups (broad SMARTS) is 1. The summed E-state index contributed by atoms with van der Waals surface area (Å²) in [4.78, 5) is 15.2. The summed E-state index contributed by atoms with van der Waals surface area (Å²) in [5, 5.41) is 9.67. The Kier molecular flexibility index (Phi) is 4.01. The van der Waals surface area contributed by atoms with Crippen LogP contribution < -0.4 is 0 Å². The van der Waals surface area contributed by atoms with Crippen LogP contribution in [-0.2, 0) is 17.6 Å². The number of thioether (sulfide) groups is 1. The molecule has 1 aromatic carbocycles. The maximum atomic E-state index is 10.8. The first-order valence-electron chi connectivity index (χ1n) is 7.10. The van der Waals surface area contributed by atoms with Gasteiger partial charge in [-0.25, -0.2) is 4.98 Å². The van der Waals surface area contributed by atoms with Crippen LogP contribution in [0.5, 0.6) is 0 Å². The van der Waals surface area contributed by atoms with E-state index in [1.165, 1.54) is 22.9 Å². The molecule has 1 aromatic heterocycles. The predicted octanol–water partition coefficient (Wildman–Crippen LogP) is 3.10. The molecule has 0 bridgehead atoms. The number of rotatable bonds is 4. The highest BCUT2D eigenvalue weighted by atomic mass is 32.2. The van der Waals surface area contributed by atoms with E-state index >= 15 is 0 Å². The third kappa shape index (κ3) is 3.13. The first kappa shape index (κ1) is 14.2. The number of hydrogen-bond donors (Lipinski definition) is 1. The summed E-state index contributed by atoms with van der Waals surface area (Å²) in [5.74, 6) is -0.749. The Morgan fingerprint density at radius 1 is 1.43 bits per heavy atom. The lowest BCUT2D eigenvalue weighted by Gasteiger charge is -2.26. The second kappa shape index (κ2) is 5.93. The average Bonchev–Trinajstić information content (AvgIpc) is 2.85. The van der Waals surface area contributed by atoms with E-state index in [4.69, 9.17) is 5.11 Å². The minimum absolute atomic E-state index is 0.0553. The molecule has 0 radical (unpaired) electrons. The van der Waals surface area contributed by atoms with Gasteiger partial charge in [0.2, 0.25) is 0 Å². The SMILES string of the molecule is Cc1cn(C2CCc3ccccc3C2)c(SCC(=O)O)n1. The van der Waals surface area contributed by atoms with Gasteiger partial charge in [-0.15, -0.1) is 0 Å². The smallest absolute Gasteiger partial charge is 0.313 e. The molecule has 2 aromatic rings. The van der Waals surface area contributed by atoms with Crippen molar-refractivity contribution in [2.24, 2.45) is 0 Å². The maximum absolute atomic E-state index is 10.8. The highest BCUT2D eigenvalue weighted by Crippen LogP contribution is 2.32. The Morgan fingerprint density at radius 2 is 2.19 bits per heavy atom. The van der Waals surface area contributed by atoms with Crippen molar-refractivity contribution in [3.05, 3.63) is 47.3 Å². The summed E-state index contributed by atoms with van der Waals surface area (Å²) >= 11 is 1.30. The van der Waals surface area contributed by atoms with Gasteiger partial charge < -0.3 is 9.67 Å². The molecule has 1 atom stereocenters. The molecule has 0 saturated heterocycles. The van der Waals surface area contributed by atoms with Crippen molar-refractivity contribution in [3.63, 3.8) is 0 Å². The molecule has 5 heteroatoms. The molecule has 0 amide bonds. The number of hydrogen-bond acceptors (Lipinski definition) is 3. The molecule has 21 heavy (non-hydrogen) atoms. The number of aliphatic carboxylic acids is 1. The molecule has 4 nitrogen and oxygen atoms in total. The monoisotopic (exact) mass is 302 g/mol. The molecule has 3 rings (SSSR count). The van der Waals surface area contributed by atoms with Crippen LogP contribution in [0.25, 0.3) is 0 Å². The highest BCUT2D eigenvalue weighted by molar-refractivity contribution is 7.99. The van der Waals surface area contributed by atoms with Gasteiger partial charge in [-0.2, -0.15) is 0 Å². The summed E-state index contributed by atoms with van der Waals surface area (Å²) in [6.07, 6.45) is 5.18. The van der Waals surface area contributed by atoms with E-state index in [0.29, 0.717) is 6.04 Å². The van der Waals surface area contributed by atoms with Crippen LogP contribution in [0.4, 0.5) is 0 Å². The molecule has 0 saturated carbocycles. The van der Waals surface area contributed by atoms with Gasteiger partial charge in [0.05, 0.1) is 11.4 Å². The molecule has 1 heterocycles. The van der Waals surface area contributed by atoms with Gasteiger partial charge in [0.1, 0.15) is 0 Å². The number of carboxylic acids is 1. The summed E-state index contributed by atoms with van der Waals surface area (Å²) in [5.41, 5.74) is 3.78. The Labute approximate surface area is 128 Å². The summed E-state index contributed by atoms with van der Waals surface area (Å²) in [6.45, 7) is 1.96. The Hall–Kier alpha value is -1.75. The van der Waals surface area contributed by atoms with Gasteiger partial charge >= 0.3 is 5.97 Å². The van der Waals surface area contributed by atoms with E-state index in [0.717, 1.165) is 30.1 Å². The highest BCUT2D eigenvalue weighted by Gasteiger charge is 2.22. The topological polar surface area (TPSA) is 55.1 Å². The predicted molar refractivity (Wildman–Crippen MR) is 82.8 cm³/mol. The van der Waals surface area contributed by atoms with Gasteiger partial charge in [-0.3, -0.25) is 4.79 Å². The standard InChI is InChI=1S/C16H18N2O2S/c1-11-9-18(16(17-11)21-10-15(19)20)14-7-6-12-4-2-3-5-13(12)8-14/h2-5,9,14H,6-8,10H2,1H3,(H,19,20). The maximum Gasteiger partial charge on any atom is 0.313 e. The Bertz CT molecular complexity index is 666. The van der Waals surface area contributed by atoms with Gasteiger partial charge in [-0.05, 0) is 37.3 Å². The number of carbonyl (C=O) groups is 1. The fraction of sp³-hybridized carbons (Fsp3) is 0.375. The van der Waals surface area contributed by atoms with Gasteiger partial charge in [0, 0.05) is 12.2 Å². The number of imidazole rings is 1. The molecular weight excluding hydrogens is 284 g/mol. The molecule has 110 valence electrons. The van der Waals surface area contributed by atoms with E-state index in [-0.39, 0.29) is 5.75 Å². The molecule has 1 N–H and O–H groups in total. The van der Waals surface area contributed by atoms with Gasteiger partial charge in [0.25, 0.3) is 0 Å². The van der Waals surface area contributed by atoms with Crippen molar-refractivity contribution in [3.8, 4) is 0 Å². The number of nitrogens with zero attached hydrogens (tertiary/aromatic N) is 2. The van der Waals surface area contributed by atoms with Crippen LogP contribution in [0.2, 0.25) is 0 Å². The van der Waals surface area contributed by atoms with Crippen molar-refractivity contribution in [1.29, 1.82) is 0 Å². The fourth-order valence-electron chi connectivity index (χ4n) is 2.90. The van der Waals surface area contributed by atoms with E-state index in [2.05, 4.69) is 33.8 Å². The second-order valence-electron chi connectivity index (χ2n) is 5.42. The zero-order valence-corrected chi connectivity index (χ0v) is 12.8. The summed E-state index contributed by atoms with van der Waals surface area (Å²) < 4.78 is 2.17. The zero-order chi connectivity index (χ0) is 14.8. The van der Waals surface area contributed by atoms with E-state index in [1.54, 1.807) is 0 Å². The molecule has 1 aliphatic rings. The van der Waals surface area contributed by atoms with Crippen molar-refractivity contribution >= 4 is 17.7 Å². The third-order valence-corrected chi connectivity index (χ3v) is 4.81. The molecule has 1 unspecified atom stereocenters. The fourth-order valence-corrected chi connectivity index (χ4v) is 3.72. The molecule has 0 aliphatic heterocycles. The van der Waals surface area contributed by atoms with E-state index in [1.807, 2.05) is 13.1 Å².